The van der Waals surface area contributed by atoms with E-state index in [1.165, 1.54) is 0 Å². The van der Waals surface area contributed by atoms with Crippen molar-refractivity contribution in [3.63, 3.8) is 0 Å². The van der Waals surface area contributed by atoms with Gasteiger partial charge in [-0.15, -0.1) is 24.0 Å². The lowest BCUT2D eigenvalue weighted by atomic mass is 10.1. The predicted molar refractivity (Wildman–Crippen MR) is 99.7 cm³/mol. The Morgan fingerprint density at radius 3 is 2.55 bits per heavy atom. The van der Waals surface area contributed by atoms with Crippen LogP contribution < -0.4 is 10.6 Å². The summed E-state index contributed by atoms with van der Waals surface area (Å²) in [6, 6.07) is 3.59. The Labute approximate surface area is 149 Å². The summed E-state index contributed by atoms with van der Waals surface area (Å²) in [6.07, 6.45) is 2.73. The van der Waals surface area contributed by atoms with Crippen molar-refractivity contribution in [2.24, 2.45) is 4.99 Å². The second-order valence-electron chi connectivity index (χ2n) is 5.34. The number of aliphatic imine (C=N–C) groups is 1. The number of aromatic nitrogens is 1. The molecule has 0 spiro atoms. The molecule has 6 nitrogen and oxygen atoms in total. The number of hydrogen-bond donors (Lipinski definition) is 3. The first kappa shape index (κ1) is 21.1. The number of nitrogens with zero attached hydrogens (tertiary/aromatic N) is 2. The van der Waals surface area contributed by atoms with Crippen molar-refractivity contribution in [3.8, 4) is 0 Å². The van der Waals surface area contributed by atoms with E-state index in [1.807, 2.05) is 20.8 Å². The maximum absolute atomic E-state index is 10.1. The van der Waals surface area contributed by atoms with Crippen LogP contribution in [0.2, 0.25) is 0 Å². The molecule has 0 aromatic carbocycles. The van der Waals surface area contributed by atoms with Crippen molar-refractivity contribution in [2.45, 2.75) is 32.5 Å². The molecular weight excluding hydrogens is 395 g/mol. The molecule has 7 heteroatoms. The Kier molecular flexibility index (Phi) is 10.3. The maximum atomic E-state index is 10.1. The van der Waals surface area contributed by atoms with Crippen molar-refractivity contribution in [3.05, 3.63) is 30.1 Å². The van der Waals surface area contributed by atoms with E-state index in [-0.39, 0.29) is 29.6 Å². The van der Waals surface area contributed by atoms with E-state index in [2.05, 4.69) is 20.6 Å². The predicted octanol–water partition coefficient (Wildman–Crippen LogP) is 1.71. The first-order chi connectivity index (χ1) is 9.98. The van der Waals surface area contributed by atoms with E-state index in [4.69, 9.17) is 4.74 Å². The SMILES string of the molecule is CCNC(=NCC(C)(C)OC)NCC(O)c1ccncc1.I. The summed E-state index contributed by atoms with van der Waals surface area (Å²) in [5.41, 5.74) is 0.511. The molecule has 0 fully saturated rings. The van der Waals surface area contributed by atoms with Crippen LogP contribution in [0.4, 0.5) is 0 Å². The van der Waals surface area contributed by atoms with Crippen molar-refractivity contribution in [1.82, 2.24) is 15.6 Å². The van der Waals surface area contributed by atoms with Gasteiger partial charge in [-0.25, -0.2) is 0 Å². The normalized spacial score (nSPS) is 13.2. The zero-order valence-corrected chi connectivity index (χ0v) is 16.0. The molecule has 3 N–H and O–H groups in total. The van der Waals surface area contributed by atoms with Crippen LogP contribution in [0, 0.1) is 0 Å². The summed E-state index contributed by atoms with van der Waals surface area (Å²) >= 11 is 0. The minimum Gasteiger partial charge on any atom is -0.387 e. The Balaban J connectivity index is 0.00000441. The molecule has 0 aliphatic carbocycles. The van der Waals surface area contributed by atoms with E-state index < -0.39 is 6.10 Å². The first-order valence-electron chi connectivity index (χ1n) is 7.14. The van der Waals surface area contributed by atoms with Crippen molar-refractivity contribution in [1.29, 1.82) is 0 Å². The van der Waals surface area contributed by atoms with E-state index in [1.54, 1.807) is 31.6 Å². The summed E-state index contributed by atoms with van der Waals surface area (Å²) in [5, 5.41) is 16.4. The third kappa shape index (κ3) is 7.90. The molecule has 126 valence electrons. The molecule has 0 saturated heterocycles. The number of aliphatic hydroxyl groups excluding tert-OH is 1. The van der Waals surface area contributed by atoms with Crippen LogP contribution in [0.5, 0.6) is 0 Å². The summed E-state index contributed by atoms with van der Waals surface area (Å²) in [4.78, 5) is 8.40. The first-order valence-corrected chi connectivity index (χ1v) is 7.14. The summed E-state index contributed by atoms with van der Waals surface area (Å²) in [6.45, 7) is 7.62. The second kappa shape index (κ2) is 10.7. The molecule has 0 saturated carbocycles. The molecule has 1 aromatic rings. The van der Waals surface area contributed by atoms with Gasteiger partial charge in [-0.2, -0.15) is 0 Å². The standard InChI is InChI=1S/C15H26N4O2.HI/c1-5-17-14(19-11-15(2,3)21-4)18-10-13(20)12-6-8-16-9-7-12;/h6-9,13,20H,5,10-11H2,1-4H3,(H2,17,18,19);1H. The monoisotopic (exact) mass is 422 g/mol. The second-order valence-corrected chi connectivity index (χ2v) is 5.34. The summed E-state index contributed by atoms with van der Waals surface area (Å²) in [5.74, 6) is 0.663. The lowest BCUT2D eigenvalue weighted by Gasteiger charge is -2.21. The van der Waals surface area contributed by atoms with Gasteiger partial charge in [-0.1, -0.05) is 0 Å². The highest BCUT2D eigenvalue weighted by atomic mass is 127. The van der Waals surface area contributed by atoms with Crippen molar-refractivity contribution < 1.29 is 9.84 Å². The fourth-order valence-corrected chi connectivity index (χ4v) is 1.57. The topological polar surface area (TPSA) is 78.8 Å². The van der Waals surface area contributed by atoms with Crippen LogP contribution in [0.3, 0.4) is 0 Å². The number of pyridine rings is 1. The number of ether oxygens (including phenoxy) is 1. The Morgan fingerprint density at radius 1 is 1.36 bits per heavy atom. The molecule has 0 amide bonds. The zero-order valence-electron chi connectivity index (χ0n) is 13.7. The van der Waals surface area contributed by atoms with Gasteiger partial charge >= 0.3 is 0 Å². The largest absolute Gasteiger partial charge is 0.387 e. The van der Waals surface area contributed by atoms with Gasteiger partial charge in [0.15, 0.2) is 5.96 Å². The van der Waals surface area contributed by atoms with E-state index in [0.29, 0.717) is 19.0 Å². The minimum absolute atomic E-state index is 0. The Bertz CT molecular complexity index is 440. The van der Waals surface area contributed by atoms with Crippen LogP contribution >= 0.6 is 24.0 Å². The molecule has 0 bridgehead atoms. The number of halogens is 1. The molecular formula is C15H27IN4O2. The quantitative estimate of drug-likeness (QED) is 0.354. The van der Waals surface area contributed by atoms with Gasteiger partial charge in [0.2, 0.25) is 0 Å². The van der Waals surface area contributed by atoms with E-state index >= 15 is 0 Å². The van der Waals surface area contributed by atoms with Crippen molar-refractivity contribution in [2.75, 3.05) is 26.7 Å². The number of guanidine groups is 1. The molecule has 1 rings (SSSR count). The van der Waals surface area contributed by atoms with Gasteiger partial charge in [-0.05, 0) is 38.5 Å². The maximum Gasteiger partial charge on any atom is 0.191 e. The highest BCUT2D eigenvalue weighted by molar-refractivity contribution is 14.0. The smallest absolute Gasteiger partial charge is 0.191 e. The van der Waals surface area contributed by atoms with Crippen LogP contribution in [0.1, 0.15) is 32.4 Å². The molecule has 1 heterocycles. The minimum atomic E-state index is -0.604. The zero-order chi connectivity index (χ0) is 15.7. The van der Waals surface area contributed by atoms with Gasteiger partial charge in [0.1, 0.15) is 0 Å². The molecule has 0 radical (unpaired) electrons. The number of nitrogens with one attached hydrogen (secondary N) is 2. The van der Waals surface area contributed by atoms with Gasteiger partial charge in [0, 0.05) is 32.6 Å². The van der Waals surface area contributed by atoms with Crippen LogP contribution in [-0.2, 0) is 4.74 Å². The summed E-state index contributed by atoms with van der Waals surface area (Å²) < 4.78 is 5.34. The highest BCUT2D eigenvalue weighted by Crippen LogP contribution is 2.10. The highest BCUT2D eigenvalue weighted by Gasteiger charge is 2.16. The Hall–Kier alpha value is -0.930. The number of aliphatic hydroxyl groups is 1. The fraction of sp³-hybridized carbons (Fsp3) is 0.600. The van der Waals surface area contributed by atoms with Crippen molar-refractivity contribution >= 4 is 29.9 Å². The van der Waals surface area contributed by atoms with Crippen LogP contribution in [0.25, 0.3) is 0 Å². The van der Waals surface area contributed by atoms with E-state index in [0.717, 1.165) is 12.1 Å². The third-order valence-corrected chi connectivity index (χ3v) is 3.07. The van der Waals surface area contributed by atoms with Gasteiger partial charge in [-0.3, -0.25) is 9.98 Å². The van der Waals surface area contributed by atoms with Crippen LogP contribution in [-0.4, -0.2) is 48.4 Å². The molecule has 0 aliphatic heterocycles. The number of rotatable bonds is 7. The summed E-state index contributed by atoms with van der Waals surface area (Å²) in [7, 11) is 1.67. The van der Waals surface area contributed by atoms with Gasteiger partial charge in [0.25, 0.3) is 0 Å². The molecule has 0 aliphatic rings. The van der Waals surface area contributed by atoms with E-state index in [9.17, 15) is 5.11 Å². The molecule has 1 atom stereocenters. The molecule has 1 unspecified atom stereocenters. The van der Waals surface area contributed by atoms with Gasteiger partial charge in [0.05, 0.1) is 18.2 Å². The lowest BCUT2D eigenvalue weighted by Crippen LogP contribution is -2.40. The van der Waals surface area contributed by atoms with Gasteiger partial charge < -0.3 is 20.5 Å². The van der Waals surface area contributed by atoms with Crippen LogP contribution in [0.15, 0.2) is 29.5 Å². The fourth-order valence-electron chi connectivity index (χ4n) is 1.57. The lowest BCUT2D eigenvalue weighted by molar-refractivity contribution is 0.0310. The molecule has 1 aromatic heterocycles. The third-order valence-electron chi connectivity index (χ3n) is 3.07. The Morgan fingerprint density at radius 2 is 2.00 bits per heavy atom. The average Bonchev–Trinajstić information content (AvgIpc) is 2.50. The number of methoxy groups -OCH3 is 1. The number of hydrogen-bond acceptors (Lipinski definition) is 4. The average molecular weight is 422 g/mol. The molecule has 22 heavy (non-hydrogen) atoms.